The van der Waals surface area contributed by atoms with Gasteiger partial charge < -0.3 is 19.2 Å². The molecule has 9 heteroatoms. The molecule has 158 valence electrons. The van der Waals surface area contributed by atoms with Gasteiger partial charge in [0.1, 0.15) is 11.6 Å². The third-order valence-electron chi connectivity index (χ3n) is 4.25. The number of nitrogens with one attached hydrogen (secondary N) is 1. The number of methoxy groups -OCH3 is 1. The highest BCUT2D eigenvalue weighted by Crippen LogP contribution is 2.34. The van der Waals surface area contributed by atoms with Gasteiger partial charge in [0, 0.05) is 11.3 Å². The Kier molecular flexibility index (Phi) is 7.31. The number of alkyl halides is 2. The summed E-state index contributed by atoms with van der Waals surface area (Å²) in [5, 5.41) is 9.51. The smallest absolute Gasteiger partial charge is 0.387 e. The highest BCUT2D eigenvalue weighted by atomic mass is 19.3. The van der Waals surface area contributed by atoms with Crippen LogP contribution < -0.4 is 9.47 Å². The Bertz CT molecular complexity index is 1030. The molecule has 1 heterocycles. The van der Waals surface area contributed by atoms with E-state index in [1.54, 1.807) is 26.8 Å². The molecule has 2 aromatic rings. The van der Waals surface area contributed by atoms with Crippen LogP contribution in [0.3, 0.4) is 0 Å². The van der Waals surface area contributed by atoms with Crippen molar-refractivity contribution in [2.75, 3.05) is 13.7 Å². The summed E-state index contributed by atoms with van der Waals surface area (Å²) >= 11 is 0. The second-order valence-electron chi connectivity index (χ2n) is 6.10. The second kappa shape index (κ2) is 9.69. The number of ether oxygens (including phenoxy) is 3. The summed E-state index contributed by atoms with van der Waals surface area (Å²) in [7, 11) is 1.28. The highest BCUT2D eigenvalue weighted by molar-refractivity contribution is 6.15. The standard InChI is InChI=1S/C21H20F2N2O5/c1-5-29-20(27)16-11(2)17(25-12(16)3)18(26)14(10-24)9-13-7-6-8-15(28-4)19(13)30-21(22)23/h6-9,21,25H,5H2,1-4H3/b14-9+. The molecule has 0 saturated heterocycles. The SMILES string of the molecule is CCOC(=O)c1c(C)[nH]c(C(=O)/C(C#N)=C/c2cccc(OC)c2OC(F)F)c1C. The topological polar surface area (TPSA) is 101 Å². The number of esters is 1. The van der Waals surface area contributed by atoms with Gasteiger partial charge in [0.05, 0.1) is 25.0 Å². The van der Waals surface area contributed by atoms with Crippen molar-refractivity contribution in [1.82, 2.24) is 4.98 Å². The van der Waals surface area contributed by atoms with Crippen molar-refractivity contribution in [3.8, 4) is 17.6 Å². The fourth-order valence-electron chi connectivity index (χ4n) is 2.95. The lowest BCUT2D eigenvalue weighted by molar-refractivity contribution is -0.0513. The number of H-pyrrole nitrogens is 1. The molecule has 0 spiro atoms. The minimum atomic E-state index is -3.13. The molecule has 0 amide bonds. The number of aromatic amines is 1. The Morgan fingerprint density at radius 1 is 1.30 bits per heavy atom. The third kappa shape index (κ3) is 4.66. The predicted octanol–water partition coefficient (Wildman–Crippen LogP) is 4.21. The van der Waals surface area contributed by atoms with Crippen LogP contribution in [0, 0.1) is 25.2 Å². The Balaban J connectivity index is 2.53. The zero-order valence-electron chi connectivity index (χ0n) is 16.8. The van der Waals surface area contributed by atoms with Gasteiger partial charge >= 0.3 is 12.6 Å². The summed E-state index contributed by atoms with van der Waals surface area (Å²) in [5.74, 6) is -1.59. The van der Waals surface area contributed by atoms with Crippen molar-refractivity contribution >= 4 is 17.8 Å². The molecule has 30 heavy (non-hydrogen) atoms. The Morgan fingerprint density at radius 3 is 2.57 bits per heavy atom. The molecular weight excluding hydrogens is 398 g/mol. The van der Waals surface area contributed by atoms with E-state index < -0.39 is 18.4 Å². The zero-order chi connectivity index (χ0) is 22.4. The van der Waals surface area contributed by atoms with E-state index in [2.05, 4.69) is 9.72 Å². The molecule has 1 aromatic carbocycles. The van der Waals surface area contributed by atoms with Gasteiger partial charge in [0.25, 0.3) is 0 Å². The summed E-state index contributed by atoms with van der Waals surface area (Å²) in [6, 6.07) is 6.09. The number of halogens is 2. The average Bonchev–Trinajstić information content (AvgIpc) is 3.00. The van der Waals surface area contributed by atoms with Crippen LogP contribution in [-0.4, -0.2) is 37.1 Å². The van der Waals surface area contributed by atoms with Crippen LogP contribution in [0.5, 0.6) is 11.5 Å². The lowest BCUT2D eigenvalue weighted by Crippen LogP contribution is -2.08. The van der Waals surface area contributed by atoms with Gasteiger partial charge in [-0.15, -0.1) is 0 Å². The van der Waals surface area contributed by atoms with E-state index in [0.717, 1.165) is 6.08 Å². The number of rotatable bonds is 8. The van der Waals surface area contributed by atoms with Crippen molar-refractivity contribution in [2.45, 2.75) is 27.4 Å². The number of aryl methyl sites for hydroxylation is 1. The third-order valence-corrected chi connectivity index (χ3v) is 4.25. The number of nitrogens with zero attached hydrogens (tertiary/aromatic N) is 1. The number of hydrogen-bond donors (Lipinski definition) is 1. The zero-order valence-corrected chi connectivity index (χ0v) is 16.8. The number of para-hydroxylation sites is 1. The van der Waals surface area contributed by atoms with Crippen molar-refractivity contribution in [2.24, 2.45) is 0 Å². The van der Waals surface area contributed by atoms with E-state index in [1.807, 2.05) is 0 Å². The molecule has 7 nitrogen and oxygen atoms in total. The number of nitriles is 1. The monoisotopic (exact) mass is 418 g/mol. The molecular formula is C21H20F2N2O5. The van der Waals surface area contributed by atoms with Gasteiger partial charge in [-0.1, -0.05) is 12.1 Å². The van der Waals surface area contributed by atoms with Gasteiger partial charge in [-0.25, -0.2) is 4.79 Å². The Hall–Kier alpha value is -3.67. The molecule has 0 atom stereocenters. The summed E-state index contributed by atoms with van der Waals surface area (Å²) in [6.07, 6.45) is 1.13. The quantitative estimate of drug-likeness (QED) is 0.298. The number of carbonyl (C=O) groups is 2. The maximum absolute atomic E-state index is 12.9. The molecule has 2 rings (SSSR count). The van der Waals surface area contributed by atoms with Crippen molar-refractivity contribution in [3.63, 3.8) is 0 Å². The molecule has 0 bridgehead atoms. The summed E-state index contributed by atoms with van der Waals surface area (Å²) < 4.78 is 40.2. The molecule has 0 saturated carbocycles. The number of Topliss-reactive ketones (excluding diaryl/α,β-unsaturated/α-hetero) is 1. The lowest BCUT2D eigenvalue weighted by Gasteiger charge is -2.12. The van der Waals surface area contributed by atoms with Crippen LogP contribution >= 0.6 is 0 Å². The molecule has 1 N–H and O–H groups in total. The van der Waals surface area contributed by atoms with Gasteiger partial charge in [-0.05, 0) is 38.5 Å². The molecule has 1 aromatic heterocycles. The van der Waals surface area contributed by atoms with Crippen LogP contribution in [0.2, 0.25) is 0 Å². The number of aromatic nitrogens is 1. The number of hydrogen-bond acceptors (Lipinski definition) is 6. The van der Waals surface area contributed by atoms with Crippen molar-refractivity contribution in [3.05, 3.63) is 51.9 Å². The lowest BCUT2D eigenvalue weighted by atomic mass is 10.0. The predicted molar refractivity (Wildman–Crippen MR) is 104 cm³/mol. The van der Waals surface area contributed by atoms with Gasteiger partial charge in [-0.2, -0.15) is 14.0 Å². The van der Waals surface area contributed by atoms with Crippen LogP contribution in [0.1, 0.15) is 44.6 Å². The normalized spacial score (nSPS) is 11.2. The average molecular weight is 418 g/mol. The number of allylic oxidation sites excluding steroid dienone is 1. The Labute approximate surface area is 171 Å². The minimum absolute atomic E-state index is 0.0188. The van der Waals surface area contributed by atoms with E-state index in [9.17, 15) is 23.6 Å². The van der Waals surface area contributed by atoms with Gasteiger partial charge in [0.15, 0.2) is 11.5 Å². The molecule has 0 aliphatic carbocycles. The van der Waals surface area contributed by atoms with Gasteiger partial charge in [-0.3, -0.25) is 4.79 Å². The highest BCUT2D eigenvalue weighted by Gasteiger charge is 2.25. The first-order valence-electron chi connectivity index (χ1n) is 8.89. The summed E-state index contributed by atoms with van der Waals surface area (Å²) in [4.78, 5) is 27.9. The van der Waals surface area contributed by atoms with Crippen LogP contribution in [0.15, 0.2) is 23.8 Å². The van der Waals surface area contributed by atoms with Crippen molar-refractivity contribution < 1.29 is 32.6 Å². The van der Waals surface area contributed by atoms with E-state index >= 15 is 0 Å². The minimum Gasteiger partial charge on any atom is -0.493 e. The second-order valence-corrected chi connectivity index (χ2v) is 6.10. The largest absolute Gasteiger partial charge is 0.493 e. The molecule has 0 unspecified atom stereocenters. The van der Waals surface area contributed by atoms with Crippen LogP contribution in [0.4, 0.5) is 8.78 Å². The first-order valence-corrected chi connectivity index (χ1v) is 8.89. The van der Waals surface area contributed by atoms with E-state index in [-0.39, 0.29) is 40.5 Å². The van der Waals surface area contributed by atoms with E-state index in [4.69, 9.17) is 9.47 Å². The molecule has 0 aliphatic heterocycles. The number of ketones is 1. The number of benzene rings is 1. The fraction of sp³-hybridized carbons (Fsp3) is 0.286. The maximum Gasteiger partial charge on any atom is 0.387 e. The molecule has 0 radical (unpaired) electrons. The first-order chi connectivity index (χ1) is 14.2. The van der Waals surface area contributed by atoms with Crippen molar-refractivity contribution in [1.29, 1.82) is 5.26 Å². The number of carbonyl (C=O) groups excluding carboxylic acids is 2. The van der Waals surface area contributed by atoms with Gasteiger partial charge in [0.2, 0.25) is 5.78 Å². The van der Waals surface area contributed by atoms with E-state index in [0.29, 0.717) is 11.3 Å². The summed E-state index contributed by atoms with van der Waals surface area (Å²) in [5.41, 5.74) is 0.692. The van der Waals surface area contributed by atoms with Crippen LogP contribution in [0.25, 0.3) is 6.08 Å². The Morgan fingerprint density at radius 2 is 2.00 bits per heavy atom. The summed E-state index contributed by atoms with van der Waals surface area (Å²) in [6.45, 7) is 1.84. The molecule has 0 aliphatic rings. The van der Waals surface area contributed by atoms with E-state index in [1.165, 1.54) is 25.3 Å². The first kappa shape index (κ1) is 22.6. The maximum atomic E-state index is 12.9. The fourth-order valence-corrected chi connectivity index (χ4v) is 2.95. The molecule has 0 fully saturated rings. The van der Waals surface area contributed by atoms with Crippen LogP contribution in [-0.2, 0) is 4.74 Å².